The van der Waals surface area contributed by atoms with Gasteiger partial charge in [-0.1, -0.05) is 12.1 Å². The third kappa shape index (κ3) is 4.18. The van der Waals surface area contributed by atoms with Crippen molar-refractivity contribution < 1.29 is 22.7 Å². The molecular weight excluding hydrogens is 285 g/mol. The summed E-state index contributed by atoms with van der Waals surface area (Å²) in [5.41, 5.74) is 5.12. The smallest absolute Gasteiger partial charge is 0.364 e. The van der Waals surface area contributed by atoms with Gasteiger partial charge >= 0.3 is 6.18 Å². The first kappa shape index (κ1) is 15.8. The second kappa shape index (κ2) is 6.44. The van der Waals surface area contributed by atoms with Gasteiger partial charge in [0, 0.05) is 13.1 Å². The summed E-state index contributed by atoms with van der Waals surface area (Å²) in [5.74, 6) is -0.316. The maximum absolute atomic E-state index is 12.6. The summed E-state index contributed by atoms with van der Waals surface area (Å²) in [5, 5.41) is 2.59. The lowest BCUT2D eigenvalue weighted by Crippen LogP contribution is -2.35. The average molecular weight is 302 g/mol. The van der Waals surface area contributed by atoms with Gasteiger partial charge in [-0.25, -0.2) is 0 Å². The van der Waals surface area contributed by atoms with E-state index in [-0.39, 0.29) is 18.6 Å². The van der Waals surface area contributed by atoms with E-state index in [0.717, 1.165) is 18.6 Å². The minimum Gasteiger partial charge on any atom is -0.364 e. The molecule has 0 unspecified atom stereocenters. The van der Waals surface area contributed by atoms with Gasteiger partial charge in [0.1, 0.15) is 6.10 Å². The van der Waals surface area contributed by atoms with Crippen LogP contribution in [-0.4, -0.2) is 24.7 Å². The topological polar surface area (TPSA) is 64.4 Å². The number of carbonyl (C=O) groups excluding carboxylic acids is 1. The molecule has 1 aromatic rings. The lowest BCUT2D eigenvalue weighted by atomic mass is 10.1. The van der Waals surface area contributed by atoms with Crippen molar-refractivity contribution in [3.63, 3.8) is 0 Å². The van der Waals surface area contributed by atoms with Gasteiger partial charge in [0.15, 0.2) is 0 Å². The Morgan fingerprint density at radius 3 is 2.76 bits per heavy atom. The summed E-state index contributed by atoms with van der Waals surface area (Å²) >= 11 is 0. The highest BCUT2D eigenvalue weighted by Gasteiger charge is 2.31. The molecule has 21 heavy (non-hydrogen) atoms. The van der Waals surface area contributed by atoms with Gasteiger partial charge in [-0.2, -0.15) is 13.2 Å². The summed E-state index contributed by atoms with van der Waals surface area (Å²) < 4.78 is 43.1. The third-order valence-electron chi connectivity index (χ3n) is 3.38. The van der Waals surface area contributed by atoms with Gasteiger partial charge in [0.25, 0.3) is 0 Å². The molecule has 1 aromatic carbocycles. The Bertz CT molecular complexity index is 505. The van der Waals surface area contributed by atoms with Crippen molar-refractivity contribution >= 4 is 5.91 Å². The second-order valence-electron chi connectivity index (χ2n) is 4.98. The van der Waals surface area contributed by atoms with Gasteiger partial charge in [0.2, 0.25) is 5.91 Å². The zero-order chi connectivity index (χ0) is 15.5. The van der Waals surface area contributed by atoms with Crippen LogP contribution in [0.15, 0.2) is 24.3 Å². The molecular formula is C14H17F3N2O2. The van der Waals surface area contributed by atoms with Crippen LogP contribution in [0.4, 0.5) is 13.2 Å². The van der Waals surface area contributed by atoms with Crippen LogP contribution in [0.1, 0.15) is 24.0 Å². The van der Waals surface area contributed by atoms with Crippen LogP contribution in [0.5, 0.6) is 0 Å². The van der Waals surface area contributed by atoms with E-state index < -0.39 is 17.8 Å². The van der Waals surface area contributed by atoms with Gasteiger partial charge in [-0.05, 0) is 30.5 Å². The van der Waals surface area contributed by atoms with Crippen LogP contribution in [0.3, 0.4) is 0 Å². The average Bonchev–Trinajstić information content (AvgIpc) is 2.93. The zero-order valence-electron chi connectivity index (χ0n) is 11.3. The summed E-state index contributed by atoms with van der Waals surface area (Å²) in [4.78, 5) is 11.9. The fraction of sp³-hybridized carbons (Fsp3) is 0.500. The number of nitrogens with two attached hydrogens (primary N) is 1. The third-order valence-corrected chi connectivity index (χ3v) is 3.38. The number of hydrogen-bond acceptors (Lipinski definition) is 3. The van der Waals surface area contributed by atoms with Crippen LogP contribution < -0.4 is 11.1 Å². The Hall–Kier alpha value is -1.60. The molecule has 1 aliphatic rings. The van der Waals surface area contributed by atoms with Gasteiger partial charge in [-0.15, -0.1) is 0 Å². The Morgan fingerprint density at radius 2 is 2.14 bits per heavy atom. The van der Waals surface area contributed by atoms with Crippen molar-refractivity contribution in [2.75, 3.05) is 6.54 Å². The molecule has 1 amide bonds. The number of halogens is 3. The molecule has 0 radical (unpaired) electrons. The fourth-order valence-corrected chi connectivity index (χ4v) is 2.23. The molecule has 0 aromatic heterocycles. The molecule has 3 N–H and O–H groups in total. The number of carbonyl (C=O) groups is 1. The molecule has 7 heteroatoms. The van der Waals surface area contributed by atoms with Crippen LogP contribution in [0.25, 0.3) is 0 Å². The monoisotopic (exact) mass is 302 g/mol. The molecule has 1 fully saturated rings. The van der Waals surface area contributed by atoms with Gasteiger partial charge in [-0.3, -0.25) is 4.79 Å². The summed E-state index contributed by atoms with van der Waals surface area (Å²) in [6.07, 6.45) is -3.77. The van der Waals surface area contributed by atoms with Crippen molar-refractivity contribution in [3.05, 3.63) is 35.4 Å². The molecule has 1 saturated heterocycles. The molecule has 2 rings (SSSR count). The number of nitrogens with one attached hydrogen (secondary N) is 1. The SMILES string of the molecule is NC[C@H]1CC[C@@H](C(=O)NCc2cccc(C(F)(F)F)c2)O1. The fourth-order valence-electron chi connectivity index (χ4n) is 2.23. The number of benzene rings is 1. The van der Waals surface area contributed by atoms with Crippen molar-refractivity contribution in [3.8, 4) is 0 Å². The Balaban J connectivity index is 1.90. The van der Waals surface area contributed by atoms with Gasteiger partial charge < -0.3 is 15.8 Å². The van der Waals surface area contributed by atoms with E-state index in [9.17, 15) is 18.0 Å². The number of rotatable bonds is 4. The molecule has 1 aliphatic heterocycles. The second-order valence-corrected chi connectivity index (χ2v) is 4.98. The van der Waals surface area contributed by atoms with Crippen LogP contribution >= 0.6 is 0 Å². The number of alkyl halides is 3. The predicted octanol–water partition coefficient (Wildman–Crippen LogP) is 1.83. The molecule has 116 valence electrons. The highest BCUT2D eigenvalue weighted by Crippen LogP contribution is 2.29. The van der Waals surface area contributed by atoms with Crippen molar-refractivity contribution in [1.82, 2.24) is 5.32 Å². The normalized spacial score (nSPS) is 22.3. The molecule has 0 aliphatic carbocycles. The van der Waals surface area contributed by atoms with E-state index in [2.05, 4.69) is 5.32 Å². The maximum Gasteiger partial charge on any atom is 0.416 e. The molecule has 4 nitrogen and oxygen atoms in total. The number of amides is 1. The summed E-state index contributed by atoms with van der Waals surface area (Å²) in [7, 11) is 0. The van der Waals surface area contributed by atoms with Crippen LogP contribution in [0.2, 0.25) is 0 Å². The van der Waals surface area contributed by atoms with E-state index in [1.807, 2.05) is 0 Å². The molecule has 0 spiro atoms. The number of hydrogen-bond donors (Lipinski definition) is 2. The predicted molar refractivity (Wildman–Crippen MR) is 70.2 cm³/mol. The van der Waals surface area contributed by atoms with E-state index >= 15 is 0 Å². The van der Waals surface area contributed by atoms with E-state index in [1.165, 1.54) is 12.1 Å². The molecule has 0 saturated carbocycles. The van der Waals surface area contributed by atoms with E-state index in [1.54, 1.807) is 0 Å². The molecule has 0 bridgehead atoms. The standard InChI is InChI=1S/C14H17F3N2O2/c15-14(16,17)10-3-1-2-9(6-10)8-19-13(20)12-5-4-11(7-18)21-12/h1-3,6,11-12H,4-5,7-8,18H2,(H,19,20)/t11-,12+/m1/s1. The lowest BCUT2D eigenvalue weighted by Gasteiger charge is -2.13. The van der Waals surface area contributed by atoms with E-state index in [0.29, 0.717) is 18.5 Å². The van der Waals surface area contributed by atoms with Crippen molar-refractivity contribution in [2.24, 2.45) is 5.73 Å². The van der Waals surface area contributed by atoms with Gasteiger partial charge in [0.05, 0.1) is 11.7 Å². The first-order chi connectivity index (χ1) is 9.90. The first-order valence-electron chi connectivity index (χ1n) is 6.69. The highest BCUT2D eigenvalue weighted by atomic mass is 19.4. The molecule has 2 atom stereocenters. The Morgan fingerprint density at radius 1 is 1.38 bits per heavy atom. The van der Waals surface area contributed by atoms with Crippen LogP contribution in [0, 0.1) is 0 Å². The van der Waals surface area contributed by atoms with E-state index in [4.69, 9.17) is 10.5 Å². The minimum absolute atomic E-state index is 0.0376. The van der Waals surface area contributed by atoms with Crippen molar-refractivity contribution in [1.29, 1.82) is 0 Å². The summed E-state index contributed by atoms with van der Waals surface area (Å²) in [6.45, 7) is 0.396. The number of ether oxygens (including phenoxy) is 1. The quantitative estimate of drug-likeness (QED) is 0.892. The largest absolute Gasteiger partial charge is 0.416 e. The summed E-state index contributed by atoms with van der Waals surface area (Å²) in [6, 6.07) is 4.88. The Labute approximate surface area is 120 Å². The first-order valence-corrected chi connectivity index (χ1v) is 6.69. The zero-order valence-corrected chi connectivity index (χ0v) is 11.3. The maximum atomic E-state index is 12.6. The Kier molecular flexibility index (Phi) is 4.84. The minimum atomic E-state index is -4.39. The molecule has 1 heterocycles. The highest BCUT2D eigenvalue weighted by molar-refractivity contribution is 5.81. The van der Waals surface area contributed by atoms with Crippen LogP contribution in [-0.2, 0) is 22.3 Å². The lowest BCUT2D eigenvalue weighted by molar-refractivity contribution is -0.137. The van der Waals surface area contributed by atoms with Crippen molar-refractivity contribution in [2.45, 2.75) is 37.8 Å².